The van der Waals surface area contributed by atoms with Crippen LogP contribution in [0.3, 0.4) is 0 Å². The third-order valence-electron chi connectivity index (χ3n) is 4.49. The quantitative estimate of drug-likeness (QED) is 0.734. The maximum Gasteiger partial charge on any atom is 0.319 e. The average Bonchev–Trinajstić information content (AvgIpc) is 3.32. The van der Waals surface area contributed by atoms with Crippen LogP contribution in [0, 0.1) is 5.92 Å². The van der Waals surface area contributed by atoms with Gasteiger partial charge in [0.15, 0.2) is 0 Å². The third kappa shape index (κ3) is 4.58. The van der Waals surface area contributed by atoms with Gasteiger partial charge in [0.25, 0.3) is 0 Å². The Morgan fingerprint density at radius 3 is 3.00 bits per heavy atom. The van der Waals surface area contributed by atoms with E-state index in [4.69, 9.17) is 4.74 Å². The molecule has 0 aliphatic carbocycles. The lowest BCUT2D eigenvalue weighted by molar-refractivity contribution is -0.131. The van der Waals surface area contributed by atoms with Gasteiger partial charge in [-0.3, -0.25) is 4.79 Å². The number of hydrogen-bond acceptors (Lipinski definition) is 5. The molecule has 136 valence electrons. The van der Waals surface area contributed by atoms with E-state index in [2.05, 4.69) is 16.0 Å². The summed E-state index contributed by atoms with van der Waals surface area (Å²) in [6, 6.07) is 6.88. The van der Waals surface area contributed by atoms with Crippen LogP contribution in [0.4, 0.5) is 10.5 Å². The van der Waals surface area contributed by atoms with Crippen molar-refractivity contribution in [2.24, 2.45) is 5.92 Å². The maximum absolute atomic E-state index is 12.4. The van der Waals surface area contributed by atoms with Gasteiger partial charge in [0.2, 0.25) is 5.91 Å². The number of para-hydroxylation sites is 2. The molecule has 3 N–H and O–H groups in total. The van der Waals surface area contributed by atoms with Crippen LogP contribution in [0.25, 0.3) is 0 Å². The molecule has 7 nitrogen and oxygen atoms in total. The van der Waals surface area contributed by atoms with Crippen molar-refractivity contribution in [1.82, 2.24) is 15.5 Å². The number of rotatable bonds is 5. The topological polar surface area (TPSA) is 82.7 Å². The SMILES string of the molecule is COc1ccccc1NC(=O)NCC1CNC(C(=O)N2CCSC2)C1. The first-order valence-corrected chi connectivity index (χ1v) is 9.60. The minimum absolute atomic E-state index is 0.122. The van der Waals surface area contributed by atoms with Crippen LogP contribution in [0.1, 0.15) is 6.42 Å². The number of anilines is 1. The number of nitrogens with one attached hydrogen (secondary N) is 3. The smallest absolute Gasteiger partial charge is 0.319 e. The summed E-state index contributed by atoms with van der Waals surface area (Å²) in [7, 11) is 1.57. The van der Waals surface area contributed by atoms with Gasteiger partial charge in [-0.2, -0.15) is 0 Å². The highest BCUT2D eigenvalue weighted by Crippen LogP contribution is 2.23. The highest BCUT2D eigenvalue weighted by atomic mass is 32.2. The molecule has 2 aliphatic rings. The largest absolute Gasteiger partial charge is 0.495 e. The summed E-state index contributed by atoms with van der Waals surface area (Å²) < 4.78 is 5.22. The predicted molar refractivity (Wildman–Crippen MR) is 99.0 cm³/mol. The molecule has 1 aromatic rings. The van der Waals surface area contributed by atoms with E-state index in [9.17, 15) is 9.59 Å². The highest BCUT2D eigenvalue weighted by molar-refractivity contribution is 7.99. The standard InChI is InChI=1S/C17H24N4O3S/c1-24-15-5-3-2-4-13(15)20-17(23)19-10-12-8-14(18-9-12)16(22)21-6-7-25-11-21/h2-5,12,14,18H,6-11H2,1H3,(H2,19,20,23). The van der Waals surface area contributed by atoms with Gasteiger partial charge in [-0.15, -0.1) is 11.8 Å². The fraction of sp³-hybridized carbons (Fsp3) is 0.529. The number of amides is 3. The molecule has 3 rings (SSSR count). The number of nitrogens with zero attached hydrogens (tertiary/aromatic N) is 1. The van der Waals surface area contributed by atoms with Crippen LogP contribution in [-0.4, -0.2) is 61.3 Å². The number of ether oxygens (including phenoxy) is 1. The van der Waals surface area contributed by atoms with Crippen molar-refractivity contribution in [3.8, 4) is 5.75 Å². The number of methoxy groups -OCH3 is 1. The first-order chi connectivity index (χ1) is 12.2. The summed E-state index contributed by atoms with van der Waals surface area (Å²) in [6.45, 7) is 2.12. The van der Waals surface area contributed by atoms with Crippen LogP contribution in [0.15, 0.2) is 24.3 Å². The maximum atomic E-state index is 12.4. The molecule has 2 saturated heterocycles. The Hall–Kier alpha value is -1.93. The van der Waals surface area contributed by atoms with Gasteiger partial charge in [-0.05, 0) is 24.5 Å². The van der Waals surface area contributed by atoms with Gasteiger partial charge >= 0.3 is 6.03 Å². The molecule has 0 saturated carbocycles. The van der Waals surface area contributed by atoms with Gasteiger partial charge in [-0.1, -0.05) is 12.1 Å². The number of benzene rings is 1. The Labute approximate surface area is 151 Å². The molecule has 2 atom stereocenters. The lowest BCUT2D eigenvalue weighted by Gasteiger charge is -2.19. The summed E-state index contributed by atoms with van der Waals surface area (Å²) in [5.41, 5.74) is 0.631. The Balaban J connectivity index is 1.43. The van der Waals surface area contributed by atoms with Crippen LogP contribution >= 0.6 is 11.8 Å². The number of carbonyl (C=O) groups excluding carboxylic acids is 2. The molecular weight excluding hydrogens is 340 g/mol. The van der Waals surface area contributed by atoms with Crippen molar-refractivity contribution in [2.75, 3.05) is 43.7 Å². The molecule has 0 aromatic heterocycles. The molecular formula is C17H24N4O3S. The number of carbonyl (C=O) groups is 2. The minimum atomic E-state index is -0.268. The van der Waals surface area contributed by atoms with Crippen LogP contribution in [0.2, 0.25) is 0 Å². The first kappa shape index (κ1) is 17.9. The predicted octanol–water partition coefficient (Wildman–Crippen LogP) is 1.33. The van der Waals surface area contributed by atoms with Crippen molar-refractivity contribution in [1.29, 1.82) is 0 Å². The van der Waals surface area contributed by atoms with Gasteiger partial charge in [0.05, 0.1) is 24.7 Å². The van der Waals surface area contributed by atoms with Crippen molar-refractivity contribution in [2.45, 2.75) is 12.5 Å². The fourth-order valence-corrected chi connectivity index (χ4v) is 4.07. The van der Waals surface area contributed by atoms with E-state index in [1.165, 1.54) is 0 Å². The second-order valence-corrected chi connectivity index (χ2v) is 7.31. The molecule has 3 amide bonds. The lowest BCUT2D eigenvalue weighted by Crippen LogP contribution is -2.42. The first-order valence-electron chi connectivity index (χ1n) is 8.45. The minimum Gasteiger partial charge on any atom is -0.495 e. The highest BCUT2D eigenvalue weighted by Gasteiger charge is 2.33. The molecule has 0 bridgehead atoms. The second-order valence-electron chi connectivity index (χ2n) is 6.24. The zero-order chi connectivity index (χ0) is 17.6. The van der Waals surface area contributed by atoms with Crippen molar-refractivity contribution < 1.29 is 14.3 Å². The summed E-state index contributed by atoms with van der Waals surface area (Å²) in [4.78, 5) is 26.4. The Kier molecular flexibility index (Phi) is 6.04. The Bertz CT molecular complexity index is 622. The number of hydrogen-bond donors (Lipinski definition) is 3. The van der Waals surface area contributed by atoms with Gasteiger partial charge in [0.1, 0.15) is 5.75 Å². The van der Waals surface area contributed by atoms with Gasteiger partial charge in [0, 0.05) is 25.4 Å². The molecule has 2 fully saturated rings. The molecule has 2 unspecified atom stereocenters. The Morgan fingerprint density at radius 1 is 1.40 bits per heavy atom. The molecule has 1 aromatic carbocycles. The zero-order valence-corrected chi connectivity index (χ0v) is 15.1. The molecule has 2 heterocycles. The Morgan fingerprint density at radius 2 is 2.24 bits per heavy atom. The van der Waals surface area contributed by atoms with Crippen molar-refractivity contribution >= 4 is 29.4 Å². The average molecular weight is 364 g/mol. The third-order valence-corrected chi connectivity index (χ3v) is 5.46. The summed E-state index contributed by atoms with van der Waals surface area (Å²) in [6.07, 6.45) is 0.759. The van der Waals surface area contributed by atoms with E-state index in [0.717, 1.165) is 31.1 Å². The number of urea groups is 1. The second kappa shape index (κ2) is 8.44. The van der Waals surface area contributed by atoms with E-state index >= 15 is 0 Å². The van der Waals surface area contributed by atoms with Crippen LogP contribution in [0.5, 0.6) is 5.75 Å². The van der Waals surface area contributed by atoms with Crippen molar-refractivity contribution in [3.05, 3.63) is 24.3 Å². The van der Waals surface area contributed by atoms with E-state index in [0.29, 0.717) is 18.0 Å². The lowest BCUT2D eigenvalue weighted by atomic mass is 10.1. The van der Waals surface area contributed by atoms with E-state index < -0.39 is 0 Å². The summed E-state index contributed by atoms with van der Waals surface area (Å²) in [5.74, 6) is 2.88. The van der Waals surface area contributed by atoms with Crippen LogP contribution < -0.4 is 20.7 Å². The van der Waals surface area contributed by atoms with Crippen LogP contribution in [-0.2, 0) is 4.79 Å². The van der Waals surface area contributed by atoms with E-state index in [-0.39, 0.29) is 23.9 Å². The van der Waals surface area contributed by atoms with Crippen molar-refractivity contribution in [3.63, 3.8) is 0 Å². The summed E-state index contributed by atoms with van der Waals surface area (Å²) in [5, 5.41) is 8.95. The molecule has 2 aliphatic heterocycles. The molecule has 0 radical (unpaired) electrons. The summed E-state index contributed by atoms with van der Waals surface area (Å²) >= 11 is 1.79. The van der Waals surface area contributed by atoms with E-state index in [1.807, 2.05) is 17.0 Å². The molecule has 25 heavy (non-hydrogen) atoms. The molecule has 8 heteroatoms. The number of thioether (sulfide) groups is 1. The van der Waals surface area contributed by atoms with Gasteiger partial charge in [-0.25, -0.2) is 4.79 Å². The molecule has 0 spiro atoms. The zero-order valence-electron chi connectivity index (χ0n) is 14.3. The normalized spacial score (nSPS) is 22.7. The fourth-order valence-electron chi connectivity index (χ4n) is 3.11. The monoisotopic (exact) mass is 364 g/mol. The van der Waals surface area contributed by atoms with E-state index in [1.54, 1.807) is 31.0 Å². The van der Waals surface area contributed by atoms with Gasteiger partial charge < -0.3 is 25.6 Å².